The van der Waals surface area contributed by atoms with Gasteiger partial charge in [-0.25, -0.2) is 19.4 Å². The minimum Gasteiger partial charge on any atom is -0.444 e. The lowest BCUT2D eigenvalue weighted by Crippen LogP contribution is -2.47. The van der Waals surface area contributed by atoms with Gasteiger partial charge in [-0.15, -0.1) is 0 Å². The van der Waals surface area contributed by atoms with Crippen LogP contribution in [0.5, 0.6) is 5.75 Å². The van der Waals surface area contributed by atoms with Gasteiger partial charge in [-0.2, -0.15) is 9.59 Å². The molecule has 2 amide bonds. The number of hydrogen-bond donors (Lipinski definition) is 2. The van der Waals surface area contributed by atoms with Gasteiger partial charge >= 0.3 is 24.3 Å². The van der Waals surface area contributed by atoms with Gasteiger partial charge in [0, 0.05) is 0 Å². The van der Waals surface area contributed by atoms with E-state index < -0.39 is 29.4 Å². The topological polar surface area (TPSA) is 149 Å². The molecule has 3 aromatic carbocycles. The van der Waals surface area contributed by atoms with E-state index in [0.717, 1.165) is 25.7 Å². The molecule has 0 saturated heterocycles. The smallest absolute Gasteiger partial charge is 0.414 e. The van der Waals surface area contributed by atoms with Crippen molar-refractivity contribution in [2.45, 2.75) is 78.4 Å². The number of carbonyl (C=O) groups is 3. The summed E-state index contributed by atoms with van der Waals surface area (Å²) >= 11 is 0. The Kier molecular flexibility index (Phi) is 14.3. The van der Waals surface area contributed by atoms with E-state index in [-0.39, 0.29) is 12.1 Å². The Labute approximate surface area is 269 Å². The number of alkyl carbamates (subject to hydrolysis) is 2. The third kappa shape index (κ3) is 15.4. The van der Waals surface area contributed by atoms with E-state index in [2.05, 4.69) is 39.9 Å². The fraction of sp³-hybridized carbons (Fsp3) is 0.343. The fourth-order valence-corrected chi connectivity index (χ4v) is 3.88. The second-order valence-corrected chi connectivity index (χ2v) is 12.1. The number of carbonyl (C=O) groups excluding carboxylic acids is 5. The number of unbranched alkanes of at least 4 members (excludes halogenated alkanes) is 1. The molecule has 0 spiro atoms. The first-order chi connectivity index (χ1) is 21.7. The van der Waals surface area contributed by atoms with E-state index in [0.29, 0.717) is 17.0 Å². The molecule has 46 heavy (non-hydrogen) atoms. The van der Waals surface area contributed by atoms with Crippen molar-refractivity contribution in [2.24, 2.45) is 4.99 Å². The summed E-state index contributed by atoms with van der Waals surface area (Å²) in [6, 6.07) is 24.2. The van der Waals surface area contributed by atoms with E-state index in [9.17, 15) is 14.4 Å². The number of benzene rings is 3. The number of esters is 1. The van der Waals surface area contributed by atoms with Gasteiger partial charge in [0.1, 0.15) is 17.0 Å². The highest BCUT2D eigenvalue weighted by molar-refractivity contribution is 6.02. The molecule has 0 aliphatic heterocycles. The Morgan fingerprint density at radius 1 is 0.674 bits per heavy atom. The number of aliphatic imine (C=N–C) groups is 1. The Morgan fingerprint density at radius 2 is 1.13 bits per heavy atom. The summed E-state index contributed by atoms with van der Waals surface area (Å²) in [5.74, 6) is -0.269. The molecule has 0 fully saturated rings. The van der Waals surface area contributed by atoms with Crippen LogP contribution in [0.1, 0.15) is 75.9 Å². The number of ether oxygens (including phenoxy) is 3. The molecule has 0 radical (unpaired) electrons. The van der Waals surface area contributed by atoms with Crippen molar-refractivity contribution in [3.8, 4) is 5.75 Å². The van der Waals surface area contributed by atoms with E-state index >= 15 is 0 Å². The molecule has 3 rings (SSSR count). The second-order valence-electron chi connectivity index (χ2n) is 12.1. The fourth-order valence-electron chi connectivity index (χ4n) is 3.88. The van der Waals surface area contributed by atoms with Crippen molar-refractivity contribution in [3.63, 3.8) is 0 Å². The van der Waals surface area contributed by atoms with Crippen LogP contribution < -0.4 is 15.4 Å². The number of guanidine groups is 1. The summed E-state index contributed by atoms with van der Waals surface area (Å²) in [6.07, 6.45) is 2.84. The molecular weight excluding hydrogens is 590 g/mol. The summed E-state index contributed by atoms with van der Waals surface area (Å²) in [5.41, 5.74) is 1.68. The quantitative estimate of drug-likeness (QED) is 0.0894. The van der Waals surface area contributed by atoms with E-state index in [1.54, 1.807) is 77.9 Å². The summed E-state index contributed by atoms with van der Waals surface area (Å²) in [6.45, 7) is 10.3. The molecule has 0 bridgehead atoms. The van der Waals surface area contributed by atoms with Crippen molar-refractivity contribution < 1.29 is 38.2 Å². The number of amides is 2. The molecule has 0 aliphatic carbocycles. The zero-order valence-corrected chi connectivity index (χ0v) is 27.0. The van der Waals surface area contributed by atoms with Gasteiger partial charge in [0.25, 0.3) is 0 Å². The summed E-state index contributed by atoms with van der Waals surface area (Å²) < 4.78 is 16.1. The predicted octanol–water partition coefficient (Wildman–Crippen LogP) is 6.92. The van der Waals surface area contributed by atoms with Crippen LogP contribution in [0, 0.1) is 0 Å². The number of rotatable bonds is 8. The lowest BCUT2D eigenvalue weighted by atomic mass is 10.0. The van der Waals surface area contributed by atoms with Crippen molar-refractivity contribution >= 4 is 36.0 Å². The SMILES string of the molecule is CC(C)(C)OC(=O)NC(=Nc1ccc(C(=O)Oc2ccc(CCCCc3ccccc3)cc2)cc1)NC(=O)OC(C)(C)C.O=C=O. The van der Waals surface area contributed by atoms with Crippen LogP contribution in [0.4, 0.5) is 15.3 Å². The second kappa shape index (κ2) is 17.9. The molecular formula is C35H41N3O8. The molecule has 0 saturated carbocycles. The largest absolute Gasteiger partial charge is 0.444 e. The highest BCUT2D eigenvalue weighted by atomic mass is 16.6. The Bertz CT molecular complexity index is 1450. The molecule has 0 aliphatic rings. The predicted molar refractivity (Wildman–Crippen MR) is 172 cm³/mol. The van der Waals surface area contributed by atoms with Crippen LogP contribution >= 0.6 is 0 Å². The van der Waals surface area contributed by atoms with Crippen molar-refractivity contribution in [2.75, 3.05) is 0 Å². The molecule has 0 unspecified atom stereocenters. The third-order valence-electron chi connectivity index (χ3n) is 5.74. The summed E-state index contributed by atoms with van der Waals surface area (Å²) in [5, 5.41) is 4.84. The molecule has 11 heteroatoms. The van der Waals surface area contributed by atoms with Crippen LogP contribution in [0.25, 0.3) is 0 Å². The van der Waals surface area contributed by atoms with Gasteiger partial charge in [0.15, 0.2) is 0 Å². The maximum absolute atomic E-state index is 12.7. The van der Waals surface area contributed by atoms with Gasteiger partial charge in [-0.1, -0.05) is 42.5 Å². The number of hydrogen-bond acceptors (Lipinski definition) is 9. The van der Waals surface area contributed by atoms with Crippen molar-refractivity contribution in [1.82, 2.24) is 10.6 Å². The van der Waals surface area contributed by atoms with E-state index in [1.807, 2.05) is 18.2 Å². The first-order valence-electron chi connectivity index (χ1n) is 14.7. The number of nitrogens with one attached hydrogen (secondary N) is 2. The van der Waals surface area contributed by atoms with Crippen LogP contribution in [0.3, 0.4) is 0 Å². The average molecular weight is 632 g/mol. The van der Waals surface area contributed by atoms with Crippen molar-refractivity contribution in [1.29, 1.82) is 0 Å². The van der Waals surface area contributed by atoms with Crippen LogP contribution in [0.15, 0.2) is 83.9 Å². The Morgan fingerprint density at radius 3 is 1.59 bits per heavy atom. The first-order valence-corrected chi connectivity index (χ1v) is 14.7. The molecule has 244 valence electrons. The van der Waals surface area contributed by atoms with Crippen LogP contribution in [-0.2, 0) is 31.9 Å². The lowest BCUT2D eigenvalue weighted by Gasteiger charge is -2.22. The van der Waals surface area contributed by atoms with Gasteiger partial charge in [-0.05, 0) is 115 Å². The van der Waals surface area contributed by atoms with Gasteiger partial charge in [0.2, 0.25) is 5.96 Å². The molecule has 0 atom stereocenters. The normalized spacial score (nSPS) is 10.7. The monoisotopic (exact) mass is 631 g/mol. The van der Waals surface area contributed by atoms with Crippen LogP contribution in [-0.4, -0.2) is 41.5 Å². The van der Waals surface area contributed by atoms with Gasteiger partial charge in [-0.3, -0.25) is 10.6 Å². The van der Waals surface area contributed by atoms with E-state index in [1.165, 1.54) is 11.1 Å². The number of nitrogens with zero attached hydrogens (tertiary/aromatic N) is 1. The molecule has 0 aromatic heterocycles. The zero-order chi connectivity index (χ0) is 34.2. The summed E-state index contributed by atoms with van der Waals surface area (Å²) in [4.78, 5) is 57.9. The zero-order valence-electron chi connectivity index (χ0n) is 27.0. The van der Waals surface area contributed by atoms with E-state index in [4.69, 9.17) is 23.8 Å². The number of aryl methyl sites for hydroxylation is 2. The molecule has 11 nitrogen and oxygen atoms in total. The maximum Gasteiger partial charge on any atom is 0.414 e. The Balaban J connectivity index is 0.00000236. The van der Waals surface area contributed by atoms with Crippen molar-refractivity contribution in [3.05, 3.63) is 95.6 Å². The highest BCUT2D eigenvalue weighted by Crippen LogP contribution is 2.19. The maximum atomic E-state index is 12.7. The average Bonchev–Trinajstić information content (AvgIpc) is 2.95. The summed E-state index contributed by atoms with van der Waals surface area (Å²) in [7, 11) is 0. The Hall–Kier alpha value is -5.28. The standard InChI is InChI=1S/C34H41N3O6.CO2/c1-33(2,3)42-31(39)36-30(37-32(40)43-34(4,5)6)35-27-20-18-26(19-21-27)29(38)41-28-22-16-25(17-23-28)15-11-10-14-24-12-8-7-9-13-24;2-1-3/h7-9,12-13,16-23H,10-11,14-15H2,1-6H3,(H2,35,36,37,39,40);. The minimum absolute atomic E-state index is 0.195. The molecule has 2 N–H and O–H groups in total. The highest BCUT2D eigenvalue weighted by Gasteiger charge is 2.21. The molecule has 0 heterocycles. The third-order valence-corrected chi connectivity index (χ3v) is 5.74. The lowest BCUT2D eigenvalue weighted by molar-refractivity contribution is -0.191. The van der Waals surface area contributed by atoms with Gasteiger partial charge in [0.05, 0.1) is 11.3 Å². The molecule has 3 aromatic rings. The van der Waals surface area contributed by atoms with Gasteiger partial charge < -0.3 is 14.2 Å². The minimum atomic E-state index is -0.805. The first kappa shape index (κ1) is 36.9. The van der Waals surface area contributed by atoms with Crippen LogP contribution in [0.2, 0.25) is 0 Å².